The lowest BCUT2D eigenvalue weighted by Gasteiger charge is -2.32. The zero-order valence-corrected chi connectivity index (χ0v) is 19.8. The summed E-state index contributed by atoms with van der Waals surface area (Å²) < 4.78 is 31.7. The predicted octanol–water partition coefficient (Wildman–Crippen LogP) is 3.39. The van der Waals surface area contributed by atoms with E-state index in [1.165, 1.54) is 9.71 Å². The highest BCUT2D eigenvalue weighted by atomic mass is 32.2. The first-order valence-corrected chi connectivity index (χ1v) is 13.0. The minimum atomic E-state index is -3.46. The first-order chi connectivity index (χ1) is 16.0. The maximum absolute atomic E-state index is 12.7. The first kappa shape index (κ1) is 22.1. The van der Waals surface area contributed by atoms with Gasteiger partial charge < -0.3 is 0 Å². The third kappa shape index (κ3) is 4.98. The molecule has 1 saturated heterocycles. The maximum atomic E-state index is 12.7. The van der Waals surface area contributed by atoms with Gasteiger partial charge in [0.2, 0.25) is 10.0 Å². The van der Waals surface area contributed by atoms with Crippen LogP contribution in [0.2, 0.25) is 0 Å². The summed E-state index contributed by atoms with van der Waals surface area (Å²) in [4.78, 5) is 6.42. The molecule has 0 N–H and O–H groups in total. The Morgan fingerprint density at radius 1 is 1.03 bits per heavy atom. The molecule has 0 bridgehead atoms. The normalized spacial score (nSPS) is 18.2. The molecule has 8 nitrogen and oxygen atoms in total. The van der Waals surface area contributed by atoms with E-state index in [2.05, 4.69) is 14.5 Å². The van der Waals surface area contributed by atoms with Crippen molar-refractivity contribution in [3.63, 3.8) is 0 Å². The van der Waals surface area contributed by atoms with Crippen LogP contribution in [0, 0.1) is 4.77 Å². The van der Waals surface area contributed by atoms with Gasteiger partial charge in [-0.3, -0.25) is 14.5 Å². The molecule has 2 fully saturated rings. The highest BCUT2D eigenvalue weighted by Gasteiger charge is 2.30. The molecule has 3 aromatic rings. The highest BCUT2D eigenvalue weighted by Crippen LogP contribution is 2.38. The SMILES string of the molecule is O=S(=O)(/C=C/c1ccccc1)N1CCN(Cn2nc(-c3cccnc3)n(C3CC3)c2=S)CC1. The van der Waals surface area contributed by atoms with Crippen LogP contribution in [0.15, 0.2) is 60.3 Å². The van der Waals surface area contributed by atoms with E-state index in [1.807, 2.05) is 53.3 Å². The van der Waals surface area contributed by atoms with Gasteiger partial charge in [-0.15, -0.1) is 0 Å². The average molecular weight is 483 g/mol. The van der Waals surface area contributed by atoms with Crippen molar-refractivity contribution in [2.24, 2.45) is 0 Å². The van der Waals surface area contributed by atoms with Crippen molar-refractivity contribution in [3.8, 4) is 11.4 Å². The minimum absolute atomic E-state index is 0.403. The topological polar surface area (TPSA) is 76.3 Å². The summed E-state index contributed by atoms with van der Waals surface area (Å²) >= 11 is 5.76. The number of nitrogens with zero attached hydrogens (tertiary/aromatic N) is 6. The van der Waals surface area contributed by atoms with E-state index in [4.69, 9.17) is 17.3 Å². The molecule has 1 aliphatic heterocycles. The van der Waals surface area contributed by atoms with E-state index >= 15 is 0 Å². The number of sulfonamides is 1. The van der Waals surface area contributed by atoms with Gasteiger partial charge in [-0.2, -0.15) is 9.40 Å². The largest absolute Gasteiger partial charge is 0.297 e. The predicted molar refractivity (Wildman–Crippen MR) is 130 cm³/mol. The Morgan fingerprint density at radius 3 is 2.45 bits per heavy atom. The number of pyridine rings is 1. The Hall–Kier alpha value is -2.66. The third-order valence-electron chi connectivity index (χ3n) is 5.96. The van der Waals surface area contributed by atoms with Crippen LogP contribution in [0.4, 0.5) is 0 Å². The van der Waals surface area contributed by atoms with E-state index < -0.39 is 10.0 Å². The van der Waals surface area contributed by atoms with Crippen LogP contribution in [-0.2, 0) is 16.7 Å². The summed E-state index contributed by atoms with van der Waals surface area (Å²) in [7, 11) is -3.46. The second-order valence-electron chi connectivity index (χ2n) is 8.37. The van der Waals surface area contributed by atoms with Crippen molar-refractivity contribution in [1.82, 2.24) is 28.5 Å². The van der Waals surface area contributed by atoms with Crippen LogP contribution in [0.5, 0.6) is 0 Å². The van der Waals surface area contributed by atoms with Gasteiger partial charge in [0.15, 0.2) is 10.6 Å². The van der Waals surface area contributed by atoms with E-state index in [-0.39, 0.29) is 0 Å². The number of hydrogen-bond donors (Lipinski definition) is 0. The van der Waals surface area contributed by atoms with Crippen molar-refractivity contribution in [2.45, 2.75) is 25.6 Å². The maximum Gasteiger partial charge on any atom is 0.236 e. The molecule has 1 aliphatic carbocycles. The second-order valence-corrected chi connectivity index (χ2v) is 10.5. The molecule has 3 heterocycles. The lowest BCUT2D eigenvalue weighted by Crippen LogP contribution is -2.48. The molecule has 0 spiro atoms. The zero-order chi connectivity index (χ0) is 22.8. The number of aromatic nitrogens is 4. The molecule has 5 rings (SSSR count). The van der Waals surface area contributed by atoms with Crippen LogP contribution in [0.25, 0.3) is 17.5 Å². The van der Waals surface area contributed by atoms with E-state index in [0.29, 0.717) is 43.7 Å². The van der Waals surface area contributed by atoms with Crippen LogP contribution >= 0.6 is 12.2 Å². The molecule has 1 aromatic carbocycles. The zero-order valence-electron chi connectivity index (χ0n) is 18.2. The summed E-state index contributed by atoms with van der Waals surface area (Å²) in [6.07, 6.45) is 7.43. The lowest BCUT2D eigenvalue weighted by molar-refractivity contribution is 0.145. The fourth-order valence-corrected chi connectivity index (χ4v) is 5.50. The van der Waals surface area contributed by atoms with Crippen molar-refractivity contribution in [1.29, 1.82) is 0 Å². The fourth-order valence-electron chi connectivity index (χ4n) is 4.00. The molecule has 2 aliphatic rings. The molecular weight excluding hydrogens is 456 g/mol. The smallest absolute Gasteiger partial charge is 0.236 e. The van der Waals surface area contributed by atoms with E-state index in [1.54, 1.807) is 12.3 Å². The summed E-state index contributed by atoms with van der Waals surface area (Å²) in [5, 5.41) is 6.11. The molecule has 0 radical (unpaired) electrons. The van der Waals surface area contributed by atoms with Gasteiger partial charge in [-0.25, -0.2) is 13.1 Å². The Bertz CT molecular complexity index is 1290. The van der Waals surface area contributed by atoms with Gasteiger partial charge in [0.1, 0.15) is 0 Å². The van der Waals surface area contributed by atoms with Crippen LogP contribution in [-0.4, -0.2) is 63.1 Å². The van der Waals surface area contributed by atoms with Gasteiger partial charge in [-0.05, 0) is 48.8 Å². The Labute approximate surface area is 198 Å². The summed E-state index contributed by atoms with van der Waals surface area (Å²) in [6, 6.07) is 13.8. The Balaban J connectivity index is 1.26. The van der Waals surface area contributed by atoms with Crippen molar-refractivity contribution >= 4 is 28.3 Å². The number of benzene rings is 1. The van der Waals surface area contributed by atoms with Crippen LogP contribution < -0.4 is 0 Å². The molecule has 0 atom stereocenters. The third-order valence-corrected chi connectivity index (χ3v) is 7.93. The summed E-state index contributed by atoms with van der Waals surface area (Å²) in [6.45, 7) is 2.66. The number of rotatable bonds is 7. The van der Waals surface area contributed by atoms with Crippen molar-refractivity contribution in [2.75, 3.05) is 26.2 Å². The molecule has 2 aromatic heterocycles. The van der Waals surface area contributed by atoms with Crippen LogP contribution in [0.3, 0.4) is 0 Å². The Morgan fingerprint density at radius 2 is 1.79 bits per heavy atom. The Kier molecular flexibility index (Phi) is 6.24. The first-order valence-electron chi connectivity index (χ1n) is 11.1. The van der Waals surface area contributed by atoms with Crippen LogP contribution in [0.1, 0.15) is 24.4 Å². The van der Waals surface area contributed by atoms with Crippen molar-refractivity contribution < 1.29 is 8.42 Å². The quantitative estimate of drug-likeness (QED) is 0.481. The fraction of sp³-hybridized carbons (Fsp3) is 0.348. The molecule has 33 heavy (non-hydrogen) atoms. The molecule has 0 amide bonds. The van der Waals surface area contributed by atoms with E-state index in [9.17, 15) is 8.42 Å². The molecule has 10 heteroatoms. The monoisotopic (exact) mass is 482 g/mol. The van der Waals surface area contributed by atoms with Crippen molar-refractivity contribution in [3.05, 3.63) is 70.6 Å². The number of piperazine rings is 1. The molecular formula is C23H26N6O2S2. The summed E-state index contributed by atoms with van der Waals surface area (Å²) in [5.74, 6) is 0.850. The molecule has 172 valence electrons. The van der Waals surface area contributed by atoms with Gasteiger partial charge in [0.05, 0.1) is 6.67 Å². The highest BCUT2D eigenvalue weighted by molar-refractivity contribution is 7.92. The minimum Gasteiger partial charge on any atom is -0.297 e. The summed E-state index contributed by atoms with van der Waals surface area (Å²) in [5.41, 5.74) is 1.82. The standard InChI is InChI=1S/C23H26N6O2S2/c30-33(31,16-10-19-5-2-1-3-6-19)27-14-12-26(13-15-27)18-28-23(32)29(21-8-9-21)22(25-28)20-7-4-11-24-17-20/h1-7,10-11,16-17,21H,8-9,12-15,18H2/b16-10+. The average Bonchev–Trinajstić information content (AvgIpc) is 3.63. The number of hydrogen-bond acceptors (Lipinski definition) is 6. The molecule has 1 saturated carbocycles. The second kappa shape index (κ2) is 9.30. The van der Waals surface area contributed by atoms with Gasteiger partial charge in [0.25, 0.3) is 0 Å². The van der Waals surface area contributed by atoms with E-state index in [0.717, 1.165) is 29.8 Å². The molecule has 0 unspecified atom stereocenters. The van der Waals surface area contributed by atoms with Gasteiger partial charge in [-0.1, -0.05) is 30.3 Å². The lowest BCUT2D eigenvalue weighted by atomic mass is 10.2. The van der Waals surface area contributed by atoms with Gasteiger partial charge in [0, 0.05) is 55.6 Å². The van der Waals surface area contributed by atoms with Gasteiger partial charge >= 0.3 is 0 Å².